The standard InChI is InChI=1S/C20H22FN3O2S/c1-23(2)11-6-12-24(19(25)15-7-4-5-8-16(15)21)20-22-17-13-14(26-3)9-10-18(17)27-20/h4-5,7-10,13H,6,11-12H2,1-3H3. The normalized spacial score (nSPS) is 11.1. The zero-order valence-electron chi connectivity index (χ0n) is 15.6. The lowest BCUT2D eigenvalue weighted by Crippen LogP contribution is -2.34. The molecule has 0 saturated carbocycles. The summed E-state index contributed by atoms with van der Waals surface area (Å²) in [5, 5.41) is 0.560. The maximum Gasteiger partial charge on any atom is 0.263 e. The van der Waals surface area contributed by atoms with Gasteiger partial charge in [-0.15, -0.1) is 0 Å². The van der Waals surface area contributed by atoms with Crippen molar-refractivity contribution in [1.29, 1.82) is 0 Å². The monoisotopic (exact) mass is 387 g/mol. The molecule has 0 unspecified atom stereocenters. The van der Waals surface area contributed by atoms with E-state index in [9.17, 15) is 9.18 Å². The summed E-state index contributed by atoms with van der Waals surface area (Å²) in [5.41, 5.74) is 0.812. The third-order valence-electron chi connectivity index (χ3n) is 4.15. The molecule has 5 nitrogen and oxygen atoms in total. The first-order chi connectivity index (χ1) is 13.0. The summed E-state index contributed by atoms with van der Waals surface area (Å²) in [7, 11) is 5.56. The second-order valence-electron chi connectivity index (χ2n) is 6.42. The van der Waals surface area contributed by atoms with Crippen molar-refractivity contribution in [3.05, 3.63) is 53.8 Å². The van der Waals surface area contributed by atoms with Crippen LogP contribution in [0.5, 0.6) is 5.75 Å². The largest absolute Gasteiger partial charge is 0.497 e. The Bertz CT molecular complexity index is 942. The van der Waals surface area contributed by atoms with Gasteiger partial charge in [0.15, 0.2) is 5.13 Å². The maximum atomic E-state index is 14.2. The van der Waals surface area contributed by atoms with Crippen LogP contribution in [0.25, 0.3) is 10.2 Å². The minimum Gasteiger partial charge on any atom is -0.497 e. The molecule has 0 saturated heterocycles. The van der Waals surface area contributed by atoms with Crippen molar-refractivity contribution in [2.24, 2.45) is 0 Å². The predicted octanol–water partition coefficient (Wildman–Crippen LogP) is 4.04. The van der Waals surface area contributed by atoms with E-state index in [1.807, 2.05) is 32.3 Å². The average molecular weight is 387 g/mol. The van der Waals surface area contributed by atoms with Gasteiger partial charge in [-0.2, -0.15) is 0 Å². The van der Waals surface area contributed by atoms with Crippen molar-refractivity contribution < 1.29 is 13.9 Å². The van der Waals surface area contributed by atoms with E-state index in [1.54, 1.807) is 24.1 Å². The summed E-state index contributed by atoms with van der Waals surface area (Å²) < 4.78 is 20.4. The fourth-order valence-corrected chi connectivity index (χ4v) is 3.72. The molecule has 7 heteroatoms. The number of carbonyl (C=O) groups excluding carboxylic acids is 1. The van der Waals surface area contributed by atoms with E-state index >= 15 is 0 Å². The molecule has 27 heavy (non-hydrogen) atoms. The number of amides is 1. The molecule has 3 rings (SSSR count). The number of thiazole rings is 1. The van der Waals surface area contributed by atoms with Crippen LogP contribution in [0.3, 0.4) is 0 Å². The van der Waals surface area contributed by atoms with E-state index in [4.69, 9.17) is 4.74 Å². The Labute approximate surface area is 162 Å². The molecule has 0 aliphatic heterocycles. The quantitative estimate of drug-likeness (QED) is 0.614. The topological polar surface area (TPSA) is 45.7 Å². The van der Waals surface area contributed by atoms with Crippen LogP contribution in [0, 0.1) is 5.82 Å². The number of hydrogen-bond acceptors (Lipinski definition) is 5. The molecule has 0 spiro atoms. The minimum absolute atomic E-state index is 0.0548. The number of aromatic nitrogens is 1. The van der Waals surface area contributed by atoms with Crippen molar-refractivity contribution in [2.45, 2.75) is 6.42 Å². The van der Waals surface area contributed by atoms with Gasteiger partial charge in [-0.3, -0.25) is 9.69 Å². The minimum atomic E-state index is -0.525. The summed E-state index contributed by atoms with van der Waals surface area (Å²) >= 11 is 1.41. The number of benzene rings is 2. The van der Waals surface area contributed by atoms with Gasteiger partial charge < -0.3 is 9.64 Å². The van der Waals surface area contributed by atoms with Gasteiger partial charge in [0, 0.05) is 12.6 Å². The van der Waals surface area contributed by atoms with E-state index < -0.39 is 5.82 Å². The molecule has 0 fully saturated rings. The van der Waals surface area contributed by atoms with Crippen LogP contribution in [0.2, 0.25) is 0 Å². The van der Waals surface area contributed by atoms with Crippen molar-refractivity contribution in [2.75, 3.05) is 39.2 Å². The third-order valence-corrected chi connectivity index (χ3v) is 5.21. The molecule has 3 aromatic rings. The maximum absolute atomic E-state index is 14.2. The van der Waals surface area contributed by atoms with Crippen LogP contribution >= 0.6 is 11.3 Å². The highest BCUT2D eigenvalue weighted by Gasteiger charge is 2.23. The summed E-state index contributed by atoms with van der Waals surface area (Å²) in [6.45, 7) is 1.28. The van der Waals surface area contributed by atoms with Gasteiger partial charge in [0.25, 0.3) is 5.91 Å². The van der Waals surface area contributed by atoms with E-state index in [2.05, 4.69) is 9.88 Å². The highest BCUT2D eigenvalue weighted by molar-refractivity contribution is 7.22. The lowest BCUT2D eigenvalue weighted by molar-refractivity contribution is 0.0982. The van der Waals surface area contributed by atoms with Crippen LogP contribution < -0.4 is 9.64 Å². The number of nitrogens with zero attached hydrogens (tertiary/aromatic N) is 3. The zero-order chi connectivity index (χ0) is 19.4. The number of ether oxygens (including phenoxy) is 1. The second kappa shape index (κ2) is 8.45. The molecule has 1 aromatic heterocycles. The van der Waals surface area contributed by atoms with Crippen LogP contribution in [0.15, 0.2) is 42.5 Å². The molecule has 142 valence electrons. The second-order valence-corrected chi connectivity index (χ2v) is 7.43. The Balaban J connectivity index is 1.96. The molecule has 1 heterocycles. The van der Waals surface area contributed by atoms with Gasteiger partial charge in [0.1, 0.15) is 11.6 Å². The van der Waals surface area contributed by atoms with Gasteiger partial charge in [0.2, 0.25) is 0 Å². The summed E-state index contributed by atoms with van der Waals surface area (Å²) in [6.07, 6.45) is 0.756. The Morgan fingerprint density at radius 1 is 1.19 bits per heavy atom. The fraction of sp³-hybridized carbons (Fsp3) is 0.300. The smallest absolute Gasteiger partial charge is 0.263 e. The number of methoxy groups -OCH3 is 1. The van der Waals surface area contributed by atoms with Crippen molar-refractivity contribution >= 4 is 32.6 Å². The number of hydrogen-bond donors (Lipinski definition) is 0. The molecular weight excluding hydrogens is 365 g/mol. The first kappa shape index (κ1) is 19.3. The van der Waals surface area contributed by atoms with Gasteiger partial charge in [-0.1, -0.05) is 23.5 Å². The molecule has 0 atom stereocenters. The van der Waals surface area contributed by atoms with Gasteiger partial charge in [0.05, 0.1) is 22.9 Å². The first-order valence-electron chi connectivity index (χ1n) is 8.65. The van der Waals surface area contributed by atoms with E-state index in [1.165, 1.54) is 23.5 Å². The molecule has 0 bridgehead atoms. The van der Waals surface area contributed by atoms with Crippen molar-refractivity contribution in [3.63, 3.8) is 0 Å². The van der Waals surface area contributed by atoms with E-state index in [0.29, 0.717) is 17.4 Å². The number of fused-ring (bicyclic) bond motifs is 1. The van der Waals surface area contributed by atoms with Crippen molar-refractivity contribution in [1.82, 2.24) is 9.88 Å². The van der Waals surface area contributed by atoms with Gasteiger partial charge in [-0.25, -0.2) is 9.37 Å². The molecule has 0 N–H and O–H groups in total. The van der Waals surface area contributed by atoms with E-state index in [0.717, 1.165) is 23.2 Å². The van der Waals surface area contributed by atoms with Gasteiger partial charge in [-0.05, 0) is 51.3 Å². The summed E-state index contributed by atoms with van der Waals surface area (Å²) in [4.78, 5) is 21.3. The molecule has 1 amide bonds. The number of rotatable bonds is 7. The van der Waals surface area contributed by atoms with Crippen molar-refractivity contribution in [3.8, 4) is 5.75 Å². The average Bonchev–Trinajstić information content (AvgIpc) is 3.07. The zero-order valence-corrected chi connectivity index (χ0v) is 16.4. The molecule has 0 radical (unpaired) electrons. The van der Waals surface area contributed by atoms with Gasteiger partial charge >= 0.3 is 0 Å². The lowest BCUT2D eigenvalue weighted by atomic mass is 10.2. The number of halogens is 1. The molecule has 0 aliphatic rings. The first-order valence-corrected chi connectivity index (χ1v) is 9.47. The Kier molecular flexibility index (Phi) is 6.03. The number of carbonyl (C=O) groups is 1. The molecule has 0 aliphatic carbocycles. The van der Waals surface area contributed by atoms with E-state index in [-0.39, 0.29) is 11.5 Å². The van der Waals surface area contributed by atoms with Crippen LogP contribution in [0.1, 0.15) is 16.8 Å². The SMILES string of the molecule is COc1ccc2sc(N(CCCN(C)C)C(=O)c3ccccc3F)nc2c1. The Morgan fingerprint density at radius 3 is 2.67 bits per heavy atom. The molecular formula is C20H22FN3O2S. The summed E-state index contributed by atoms with van der Waals surface area (Å²) in [5.74, 6) is -0.195. The van der Waals surface area contributed by atoms with Crippen LogP contribution in [0.4, 0.5) is 9.52 Å². The lowest BCUT2D eigenvalue weighted by Gasteiger charge is -2.21. The number of anilines is 1. The van der Waals surface area contributed by atoms with Crippen LogP contribution in [-0.4, -0.2) is 50.1 Å². The molecule has 2 aromatic carbocycles. The fourth-order valence-electron chi connectivity index (χ4n) is 2.75. The third kappa shape index (κ3) is 4.43. The highest BCUT2D eigenvalue weighted by Crippen LogP contribution is 2.32. The highest BCUT2D eigenvalue weighted by atomic mass is 32.1. The Hall–Kier alpha value is -2.51. The Morgan fingerprint density at radius 2 is 1.96 bits per heavy atom. The predicted molar refractivity (Wildman–Crippen MR) is 107 cm³/mol. The van der Waals surface area contributed by atoms with Crippen LogP contribution in [-0.2, 0) is 0 Å². The summed E-state index contributed by atoms with van der Waals surface area (Å²) in [6, 6.07) is 11.7.